The predicted molar refractivity (Wildman–Crippen MR) is 55.3 cm³/mol. The highest BCUT2D eigenvalue weighted by molar-refractivity contribution is 5.63. The fourth-order valence-corrected chi connectivity index (χ4v) is 1.32. The molecule has 0 amide bonds. The SMILES string of the molecule is COc1ccccc1-c1noc(CON)n1. The van der Waals surface area contributed by atoms with Gasteiger partial charge in [-0.3, -0.25) is 4.84 Å². The largest absolute Gasteiger partial charge is 0.496 e. The van der Waals surface area contributed by atoms with Crippen LogP contribution in [-0.2, 0) is 11.4 Å². The van der Waals surface area contributed by atoms with E-state index in [0.717, 1.165) is 5.56 Å². The summed E-state index contributed by atoms with van der Waals surface area (Å²) in [7, 11) is 1.59. The highest BCUT2D eigenvalue weighted by Crippen LogP contribution is 2.26. The van der Waals surface area contributed by atoms with Gasteiger partial charge in [0.25, 0.3) is 5.89 Å². The zero-order chi connectivity index (χ0) is 11.4. The molecule has 6 heteroatoms. The molecule has 0 aliphatic rings. The molecule has 0 saturated heterocycles. The van der Waals surface area contributed by atoms with Gasteiger partial charge in [0, 0.05) is 0 Å². The zero-order valence-corrected chi connectivity index (χ0v) is 8.71. The minimum absolute atomic E-state index is 0.0855. The van der Waals surface area contributed by atoms with E-state index in [-0.39, 0.29) is 6.61 Å². The van der Waals surface area contributed by atoms with Crippen LogP contribution in [0.2, 0.25) is 0 Å². The van der Waals surface area contributed by atoms with Crippen LogP contribution in [-0.4, -0.2) is 17.3 Å². The number of aromatic nitrogens is 2. The second-order valence-corrected chi connectivity index (χ2v) is 3.02. The number of rotatable bonds is 4. The van der Waals surface area contributed by atoms with Gasteiger partial charge in [-0.15, -0.1) is 0 Å². The molecule has 0 unspecified atom stereocenters. The molecule has 84 valence electrons. The summed E-state index contributed by atoms with van der Waals surface area (Å²) >= 11 is 0. The van der Waals surface area contributed by atoms with Gasteiger partial charge in [0.1, 0.15) is 12.4 Å². The minimum Gasteiger partial charge on any atom is -0.496 e. The third-order valence-electron chi connectivity index (χ3n) is 2.02. The molecule has 1 aromatic heterocycles. The average Bonchev–Trinajstić information content (AvgIpc) is 2.78. The van der Waals surface area contributed by atoms with Gasteiger partial charge in [-0.05, 0) is 12.1 Å². The van der Waals surface area contributed by atoms with E-state index in [1.807, 2.05) is 24.3 Å². The maximum absolute atomic E-state index is 5.19. The van der Waals surface area contributed by atoms with Crippen molar-refractivity contribution in [1.29, 1.82) is 0 Å². The van der Waals surface area contributed by atoms with Crippen molar-refractivity contribution in [1.82, 2.24) is 10.1 Å². The molecule has 16 heavy (non-hydrogen) atoms. The van der Waals surface area contributed by atoms with Crippen molar-refractivity contribution in [2.24, 2.45) is 5.90 Å². The van der Waals surface area contributed by atoms with Crippen LogP contribution in [0.3, 0.4) is 0 Å². The molecule has 0 saturated carbocycles. The van der Waals surface area contributed by atoms with Crippen molar-refractivity contribution >= 4 is 0 Å². The van der Waals surface area contributed by atoms with Gasteiger partial charge in [-0.25, -0.2) is 5.90 Å². The van der Waals surface area contributed by atoms with E-state index in [0.29, 0.717) is 17.5 Å². The van der Waals surface area contributed by atoms with Gasteiger partial charge in [0.15, 0.2) is 0 Å². The number of nitrogens with zero attached hydrogens (tertiary/aromatic N) is 2. The lowest BCUT2D eigenvalue weighted by atomic mass is 10.2. The molecule has 1 heterocycles. The van der Waals surface area contributed by atoms with Crippen LogP contribution < -0.4 is 10.6 Å². The monoisotopic (exact) mass is 221 g/mol. The number of para-hydroxylation sites is 1. The van der Waals surface area contributed by atoms with Gasteiger partial charge < -0.3 is 9.26 Å². The number of nitrogens with two attached hydrogens (primary N) is 1. The van der Waals surface area contributed by atoms with Crippen LogP contribution in [0, 0.1) is 0 Å². The Kier molecular flexibility index (Phi) is 3.13. The summed E-state index contributed by atoms with van der Waals surface area (Å²) in [5, 5.41) is 3.81. The van der Waals surface area contributed by atoms with Crippen LogP contribution >= 0.6 is 0 Å². The van der Waals surface area contributed by atoms with Crippen LogP contribution in [0.4, 0.5) is 0 Å². The smallest absolute Gasteiger partial charge is 0.255 e. The Morgan fingerprint density at radius 3 is 2.94 bits per heavy atom. The van der Waals surface area contributed by atoms with Crippen molar-refractivity contribution in [3.63, 3.8) is 0 Å². The molecule has 0 radical (unpaired) electrons. The van der Waals surface area contributed by atoms with Gasteiger partial charge in [-0.1, -0.05) is 17.3 Å². The molecular weight excluding hydrogens is 210 g/mol. The number of methoxy groups -OCH3 is 1. The number of benzene rings is 1. The van der Waals surface area contributed by atoms with Crippen LogP contribution in [0.1, 0.15) is 5.89 Å². The fraction of sp³-hybridized carbons (Fsp3) is 0.200. The van der Waals surface area contributed by atoms with Gasteiger partial charge >= 0.3 is 0 Å². The quantitative estimate of drug-likeness (QED) is 0.779. The van der Waals surface area contributed by atoms with Crippen molar-refractivity contribution in [2.75, 3.05) is 7.11 Å². The summed E-state index contributed by atoms with van der Waals surface area (Å²) in [4.78, 5) is 8.52. The molecule has 0 atom stereocenters. The van der Waals surface area contributed by atoms with E-state index in [1.165, 1.54) is 0 Å². The lowest BCUT2D eigenvalue weighted by Gasteiger charge is -2.02. The van der Waals surface area contributed by atoms with E-state index in [4.69, 9.17) is 15.2 Å². The standard InChI is InChI=1S/C10H11N3O3/c1-14-8-5-3-2-4-7(8)10-12-9(6-15-11)16-13-10/h2-5H,6,11H2,1H3. The first-order valence-corrected chi connectivity index (χ1v) is 4.63. The lowest BCUT2D eigenvalue weighted by molar-refractivity contribution is 0.0996. The first kappa shape index (κ1) is 10.6. The van der Waals surface area contributed by atoms with E-state index in [2.05, 4.69) is 15.0 Å². The van der Waals surface area contributed by atoms with Gasteiger partial charge in [0.05, 0.1) is 12.7 Å². The molecule has 2 N–H and O–H groups in total. The Morgan fingerprint density at radius 2 is 2.19 bits per heavy atom. The first-order valence-electron chi connectivity index (χ1n) is 4.63. The molecule has 0 bridgehead atoms. The molecule has 0 spiro atoms. The van der Waals surface area contributed by atoms with E-state index in [1.54, 1.807) is 7.11 Å². The highest BCUT2D eigenvalue weighted by atomic mass is 16.6. The number of hydrogen-bond acceptors (Lipinski definition) is 6. The molecule has 0 aliphatic carbocycles. The summed E-state index contributed by atoms with van der Waals surface area (Å²) in [5.41, 5.74) is 0.761. The maximum Gasteiger partial charge on any atom is 0.255 e. The summed E-state index contributed by atoms with van der Waals surface area (Å²) < 4.78 is 10.1. The Bertz CT molecular complexity index is 470. The summed E-state index contributed by atoms with van der Waals surface area (Å²) in [6.07, 6.45) is 0. The van der Waals surface area contributed by atoms with Crippen LogP contribution in [0.25, 0.3) is 11.4 Å². The summed E-state index contributed by atoms with van der Waals surface area (Å²) in [6.45, 7) is 0.0855. The first-order chi connectivity index (χ1) is 7.85. The van der Waals surface area contributed by atoms with Crippen molar-refractivity contribution < 1.29 is 14.1 Å². The molecule has 0 fully saturated rings. The Balaban J connectivity index is 2.34. The molecule has 2 aromatic rings. The van der Waals surface area contributed by atoms with E-state index >= 15 is 0 Å². The second-order valence-electron chi connectivity index (χ2n) is 3.02. The Hall–Kier alpha value is -1.92. The zero-order valence-electron chi connectivity index (χ0n) is 8.71. The average molecular weight is 221 g/mol. The highest BCUT2D eigenvalue weighted by Gasteiger charge is 2.12. The molecular formula is C10H11N3O3. The summed E-state index contributed by atoms with van der Waals surface area (Å²) in [5.74, 6) is 6.37. The fourth-order valence-electron chi connectivity index (χ4n) is 1.32. The lowest BCUT2D eigenvalue weighted by Crippen LogP contribution is -1.98. The third-order valence-corrected chi connectivity index (χ3v) is 2.02. The number of ether oxygens (including phenoxy) is 1. The van der Waals surface area contributed by atoms with Crippen LogP contribution in [0.15, 0.2) is 28.8 Å². The second kappa shape index (κ2) is 4.73. The van der Waals surface area contributed by atoms with Gasteiger partial charge in [-0.2, -0.15) is 4.98 Å². The Morgan fingerprint density at radius 1 is 1.38 bits per heavy atom. The maximum atomic E-state index is 5.19. The molecule has 0 aliphatic heterocycles. The van der Waals surface area contributed by atoms with Crippen molar-refractivity contribution in [3.05, 3.63) is 30.2 Å². The molecule has 6 nitrogen and oxygen atoms in total. The predicted octanol–water partition coefficient (Wildman–Crippen LogP) is 1.14. The third kappa shape index (κ3) is 2.02. The van der Waals surface area contributed by atoms with Gasteiger partial charge in [0.2, 0.25) is 5.82 Å². The Labute approximate surface area is 91.9 Å². The van der Waals surface area contributed by atoms with Crippen LogP contribution in [0.5, 0.6) is 5.75 Å². The van der Waals surface area contributed by atoms with Crippen molar-refractivity contribution in [3.8, 4) is 17.1 Å². The molecule has 2 rings (SSSR count). The minimum atomic E-state index is 0.0855. The van der Waals surface area contributed by atoms with E-state index < -0.39 is 0 Å². The van der Waals surface area contributed by atoms with E-state index in [9.17, 15) is 0 Å². The van der Waals surface area contributed by atoms with Crippen molar-refractivity contribution in [2.45, 2.75) is 6.61 Å². The summed E-state index contributed by atoms with van der Waals surface area (Å²) in [6, 6.07) is 7.40. The molecule has 1 aromatic carbocycles. The topological polar surface area (TPSA) is 83.4 Å². The number of hydrogen-bond donors (Lipinski definition) is 1. The normalized spacial score (nSPS) is 10.4.